The summed E-state index contributed by atoms with van der Waals surface area (Å²) < 4.78 is 0. The van der Waals surface area contributed by atoms with E-state index in [0.717, 1.165) is 16.9 Å². The Hall–Kier alpha value is -1.72. The Bertz CT molecular complexity index is 583. The van der Waals surface area contributed by atoms with Gasteiger partial charge in [0.2, 0.25) is 0 Å². The van der Waals surface area contributed by atoms with Gasteiger partial charge in [-0.2, -0.15) is 0 Å². The molecule has 0 aliphatic heterocycles. The Balaban J connectivity index is 2.21. The van der Waals surface area contributed by atoms with Gasteiger partial charge in [-0.3, -0.25) is 4.79 Å². The van der Waals surface area contributed by atoms with Crippen molar-refractivity contribution in [3.63, 3.8) is 0 Å². The summed E-state index contributed by atoms with van der Waals surface area (Å²) in [6, 6.07) is 9.63. The maximum atomic E-state index is 12.6. The van der Waals surface area contributed by atoms with Crippen molar-refractivity contribution in [2.75, 3.05) is 13.7 Å². The lowest BCUT2D eigenvalue weighted by atomic mass is 10.0. The molecule has 4 nitrogen and oxygen atoms in total. The van der Waals surface area contributed by atoms with Crippen LogP contribution in [0.2, 0.25) is 0 Å². The molecule has 0 unspecified atom stereocenters. The Kier molecular flexibility index (Phi) is 5.47. The molecule has 2 rings (SSSR count). The molecule has 0 aliphatic rings. The molecule has 1 aromatic carbocycles. The molecule has 112 valence electrons. The van der Waals surface area contributed by atoms with Crippen LogP contribution in [0.5, 0.6) is 0 Å². The van der Waals surface area contributed by atoms with Gasteiger partial charge in [-0.15, -0.1) is 11.3 Å². The number of nitrogens with zero attached hydrogens (tertiary/aromatic N) is 2. The number of aromatic nitrogens is 1. The van der Waals surface area contributed by atoms with Gasteiger partial charge in [0.25, 0.3) is 5.91 Å². The SMILES string of the molecule is CCc1cnc(C(=O)N(C)[C@@H](CCO)c2ccccc2)s1. The van der Waals surface area contributed by atoms with E-state index in [-0.39, 0.29) is 18.6 Å². The largest absolute Gasteiger partial charge is 0.396 e. The van der Waals surface area contributed by atoms with Crippen LogP contribution in [0, 0.1) is 0 Å². The number of aliphatic hydroxyl groups is 1. The Morgan fingerprint density at radius 2 is 2.10 bits per heavy atom. The zero-order chi connectivity index (χ0) is 15.2. The van der Waals surface area contributed by atoms with Gasteiger partial charge in [0.15, 0.2) is 5.01 Å². The first-order valence-corrected chi connectivity index (χ1v) is 7.86. The van der Waals surface area contributed by atoms with Crippen LogP contribution >= 0.6 is 11.3 Å². The van der Waals surface area contributed by atoms with Gasteiger partial charge in [-0.1, -0.05) is 37.3 Å². The zero-order valence-electron chi connectivity index (χ0n) is 12.3. The lowest BCUT2D eigenvalue weighted by Gasteiger charge is -2.27. The van der Waals surface area contributed by atoms with E-state index in [9.17, 15) is 9.90 Å². The highest BCUT2D eigenvalue weighted by Crippen LogP contribution is 2.25. The Labute approximate surface area is 129 Å². The third-order valence-corrected chi connectivity index (χ3v) is 4.59. The third-order valence-electron chi connectivity index (χ3n) is 3.46. The molecule has 0 fully saturated rings. The molecule has 1 N–H and O–H groups in total. The van der Waals surface area contributed by atoms with Crippen molar-refractivity contribution < 1.29 is 9.90 Å². The van der Waals surface area contributed by atoms with Gasteiger partial charge in [0, 0.05) is 24.7 Å². The molecule has 0 saturated carbocycles. The van der Waals surface area contributed by atoms with Crippen molar-refractivity contribution in [3.8, 4) is 0 Å². The number of amides is 1. The van der Waals surface area contributed by atoms with Crippen LogP contribution < -0.4 is 0 Å². The fourth-order valence-electron chi connectivity index (χ4n) is 2.24. The lowest BCUT2D eigenvalue weighted by Crippen LogP contribution is -2.31. The molecule has 0 spiro atoms. The van der Waals surface area contributed by atoms with Gasteiger partial charge in [0.1, 0.15) is 0 Å². The van der Waals surface area contributed by atoms with Crippen LogP contribution in [-0.4, -0.2) is 34.6 Å². The number of rotatable bonds is 6. The van der Waals surface area contributed by atoms with Crippen LogP contribution in [0.4, 0.5) is 0 Å². The van der Waals surface area contributed by atoms with Crippen molar-refractivity contribution in [2.24, 2.45) is 0 Å². The van der Waals surface area contributed by atoms with E-state index in [0.29, 0.717) is 11.4 Å². The van der Waals surface area contributed by atoms with E-state index in [2.05, 4.69) is 4.98 Å². The molecule has 0 aliphatic carbocycles. The average Bonchev–Trinajstić information content (AvgIpc) is 3.01. The molecule has 0 bridgehead atoms. The first-order valence-electron chi connectivity index (χ1n) is 7.05. The second kappa shape index (κ2) is 7.33. The van der Waals surface area contributed by atoms with Crippen molar-refractivity contribution in [1.29, 1.82) is 0 Å². The highest BCUT2D eigenvalue weighted by Gasteiger charge is 2.24. The number of hydrogen-bond donors (Lipinski definition) is 1. The smallest absolute Gasteiger partial charge is 0.283 e. The fourth-order valence-corrected chi connectivity index (χ4v) is 3.08. The first-order chi connectivity index (χ1) is 10.2. The Morgan fingerprint density at radius 3 is 2.67 bits per heavy atom. The number of aliphatic hydroxyl groups excluding tert-OH is 1. The summed E-state index contributed by atoms with van der Waals surface area (Å²) in [5.74, 6) is -0.0954. The summed E-state index contributed by atoms with van der Waals surface area (Å²) in [6.45, 7) is 2.08. The minimum absolute atomic E-state index is 0.0370. The molecule has 1 amide bonds. The number of hydrogen-bond acceptors (Lipinski definition) is 4. The molecule has 0 saturated heterocycles. The summed E-state index contributed by atoms with van der Waals surface area (Å²) in [5, 5.41) is 9.80. The standard InChI is InChI=1S/C16H20N2O2S/c1-3-13-11-17-15(21-13)16(20)18(2)14(9-10-19)12-7-5-4-6-8-12/h4-8,11,14,19H,3,9-10H2,1-2H3/t14-/m0/s1. The minimum atomic E-state index is -0.141. The molecule has 5 heteroatoms. The second-order valence-corrected chi connectivity index (χ2v) is 5.96. The predicted molar refractivity (Wildman–Crippen MR) is 84.5 cm³/mol. The quantitative estimate of drug-likeness (QED) is 0.893. The van der Waals surface area contributed by atoms with E-state index in [1.807, 2.05) is 37.3 Å². The summed E-state index contributed by atoms with van der Waals surface area (Å²) in [4.78, 5) is 19.5. The van der Waals surface area contributed by atoms with Crippen LogP contribution in [0.1, 0.15) is 39.6 Å². The first kappa shape index (κ1) is 15.7. The van der Waals surface area contributed by atoms with Crippen LogP contribution in [0.3, 0.4) is 0 Å². The number of thiazole rings is 1. The van der Waals surface area contributed by atoms with Crippen LogP contribution in [0.25, 0.3) is 0 Å². The van der Waals surface area contributed by atoms with E-state index in [4.69, 9.17) is 0 Å². The lowest BCUT2D eigenvalue weighted by molar-refractivity contribution is 0.0705. The van der Waals surface area contributed by atoms with E-state index < -0.39 is 0 Å². The number of carbonyl (C=O) groups excluding carboxylic acids is 1. The number of carbonyl (C=O) groups is 1. The van der Waals surface area contributed by atoms with Gasteiger partial charge in [-0.25, -0.2) is 4.98 Å². The highest BCUT2D eigenvalue weighted by atomic mass is 32.1. The molecule has 1 aromatic heterocycles. The molecular weight excluding hydrogens is 284 g/mol. The average molecular weight is 304 g/mol. The van der Waals surface area contributed by atoms with Crippen molar-refractivity contribution in [1.82, 2.24) is 9.88 Å². The third kappa shape index (κ3) is 3.68. The maximum absolute atomic E-state index is 12.6. The van der Waals surface area contributed by atoms with E-state index >= 15 is 0 Å². The summed E-state index contributed by atoms with van der Waals surface area (Å²) >= 11 is 1.44. The minimum Gasteiger partial charge on any atom is -0.396 e. The molecular formula is C16H20N2O2S. The maximum Gasteiger partial charge on any atom is 0.283 e. The van der Waals surface area contributed by atoms with Gasteiger partial charge in [0.05, 0.1) is 6.04 Å². The molecule has 21 heavy (non-hydrogen) atoms. The van der Waals surface area contributed by atoms with Gasteiger partial charge in [-0.05, 0) is 18.4 Å². The molecule has 0 radical (unpaired) electrons. The number of benzene rings is 1. The molecule has 1 atom stereocenters. The Morgan fingerprint density at radius 1 is 1.38 bits per heavy atom. The second-order valence-electron chi connectivity index (χ2n) is 4.84. The summed E-state index contributed by atoms with van der Waals surface area (Å²) in [6.07, 6.45) is 3.15. The predicted octanol–water partition coefficient (Wildman–Crippen LogP) is 2.90. The number of aryl methyl sites for hydroxylation is 1. The highest BCUT2D eigenvalue weighted by molar-refractivity contribution is 7.13. The van der Waals surface area contributed by atoms with Gasteiger partial charge >= 0.3 is 0 Å². The summed E-state index contributed by atoms with van der Waals surface area (Å²) in [7, 11) is 1.77. The van der Waals surface area contributed by atoms with Crippen molar-refractivity contribution >= 4 is 17.2 Å². The summed E-state index contributed by atoms with van der Waals surface area (Å²) in [5.41, 5.74) is 1.02. The van der Waals surface area contributed by atoms with Gasteiger partial charge < -0.3 is 10.0 Å². The van der Waals surface area contributed by atoms with Crippen molar-refractivity contribution in [2.45, 2.75) is 25.8 Å². The zero-order valence-corrected chi connectivity index (χ0v) is 13.1. The molecule has 1 heterocycles. The normalized spacial score (nSPS) is 12.1. The fraction of sp³-hybridized carbons (Fsp3) is 0.375. The van der Waals surface area contributed by atoms with Crippen LogP contribution in [0.15, 0.2) is 36.5 Å². The topological polar surface area (TPSA) is 53.4 Å². The molecule has 2 aromatic rings. The monoisotopic (exact) mass is 304 g/mol. The van der Waals surface area contributed by atoms with E-state index in [1.54, 1.807) is 18.1 Å². The van der Waals surface area contributed by atoms with Crippen LogP contribution in [-0.2, 0) is 6.42 Å². The van der Waals surface area contributed by atoms with E-state index in [1.165, 1.54) is 11.3 Å². The van der Waals surface area contributed by atoms with Crippen molar-refractivity contribution in [3.05, 3.63) is 52.0 Å².